The first-order valence-electron chi connectivity index (χ1n) is 8.18. The van der Waals surface area contributed by atoms with E-state index in [-0.39, 0.29) is 24.2 Å². The van der Waals surface area contributed by atoms with E-state index in [9.17, 15) is 9.59 Å². The van der Waals surface area contributed by atoms with E-state index in [1.165, 1.54) is 0 Å². The Morgan fingerprint density at radius 3 is 2.83 bits per heavy atom. The molecule has 1 aromatic rings. The van der Waals surface area contributed by atoms with Crippen LogP contribution in [0.4, 0.5) is 5.69 Å². The monoisotopic (exact) mass is 369 g/mol. The molecule has 3 rings (SSSR count). The summed E-state index contributed by atoms with van der Waals surface area (Å²) in [6, 6.07) is 5.66. The second kappa shape index (κ2) is 8.74. The van der Waals surface area contributed by atoms with E-state index >= 15 is 0 Å². The number of hydrogen-bond donors (Lipinski definition) is 2. The SMILES string of the molecule is CNCC1CCN(C(=O)c2ccc3c(c2)NC(=O)CCS3)CC1.Cl. The first-order valence-corrected chi connectivity index (χ1v) is 9.16. The summed E-state index contributed by atoms with van der Waals surface area (Å²) in [6.07, 6.45) is 2.61. The number of carbonyl (C=O) groups is 2. The summed E-state index contributed by atoms with van der Waals surface area (Å²) < 4.78 is 0. The number of rotatable bonds is 3. The van der Waals surface area contributed by atoms with Crippen LogP contribution in [-0.2, 0) is 4.79 Å². The van der Waals surface area contributed by atoms with Crippen molar-refractivity contribution < 1.29 is 9.59 Å². The number of anilines is 1. The van der Waals surface area contributed by atoms with Crippen molar-refractivity contribution >= 4 is 41.7 Å². The molecule has 2 amide bonds. The van der Waals surface area contributed by atoms with Crippen LogP contribution in [0.2, 0.25) is 0 Å². The third kappa shape index (κ3) is 4.43. The highest BCUT2D eigenvalue weighted by atomic mass is 35.5. The molecule has 2 aliphatic rings. The van der Waals surface area contributed by atoms with E-state index in [1.54, 1.807) is 11.8 Å². The van der Waals surface area contributed by atoms with Gasteiger partial charge in [-0.05, 0) is 50.6 Å². The Hall–Kier alpha value is -1.24. The number of likely N-dealkylation sites (tertiary alicyclic amines) is 1. The number of carbonyl (C=O) groups excluding carboxylic acids is 2. The molecule has 0 aliphatic carbocycles. The average molecular weight is 370 g/mol. The van der Waals surface area contributed by atoms with Crippen molar-refractivity contribution in [2.24, 2.45) is 5.92 Å². The highest BCUT2D eigenvalue weighted by molar-refractivity contribution is 7.99. The number of nitrogens with one attached hydrogen (secondary N) is 2. The maximum Gasteiger partial charge on any atom is 0.253 e. The minimum atomic E-state index is 0. The number of piperidine rings is 1. The normalized spacial score (nSPS) is 18.2. The van der Waals surface area contributed by atoms with Gasteiger partial charge in [-0.25, -0.2) is 0 Å². The molecule has 24 heavy (non-hydrogen) atoms. The molecule has 7 heteroatoms. The van der Waals surface area contributed by atoms with Gasteiger partial charge in [0.15, 0.2) is 0 Å². The Kier molecular flexibility index (Phi) is 6.95. The van der Waals surface area contributed by atoms with E-state index < -0.39 is 0 Å². The molecule has 0 aromatic heterocycles. The molecule has 2 heterocycles. The summed E-state index contributed by atoms with van der Waals surface area (Å²) in [5.74, 6) is 1.53. The smallest absolute Gasteiger partial charge is 0.253 e. The molecule has 1 saturated heterocycles. The fourth-order valence-corrected chi connectivity index (χ4v) is 4.10. The van der Waals surface area contributed by atoms with Crippen LogP contribution in [0.3, 0.4) is 0 Å². The summed E-state index contributed by atoms with van der Waals surface area (Å²) in [6.45, 7) is 2.64. The molecule has 0 unspecified atom stereocenters. The largest absolute Gasteiger partial charge is 0.339 e. The van der Waals surface area contributed by atoms with Crippen LogP contribution in [0.1, 0.15) is 29.6 Å². The van der Waals surface area contributed by atoms with Crippen LogP contribution in [0.5, 0.6) is 0 Å². The van der Waals surface area contributed by atoms with Crippen molar-refractivity contribution in [3.8, 4) is 0 Å². The predicted octanol–water partition coefficient (Wildman–Crippen LogP) is 2.61. The highest BCUT2D eigenvalue weighted by Crippen LogP contribution is 2.32. The quantitative estimate of drug-likeness (QED) is 0.859. The first kappa shape index (κ1) is 19.1. The van der Waals surface area contributed by atoms with Crippen LogP contribution in [-0.4, -0.2) is 49.1 Å². The van der Waals surface area contributed by atoms with E-state index in [0.717, 1.165) is 48.8 Å². The maximum absolute atomic E-state index is 12.7. The van der Waals surface area contributed by atoms with Crippen molar-refractivity contribution in [1.82, 2.24) is 10.2 Å². The first-order chi connectivity index (χ1) is 11.2. The van der Waals surface area contributed by atoms with Crippen LogP contribution in [0.25, 0.3) is 0 Å². The Bertz CT molecular complexity index is 603. The summed E-state index contributed by atoms with van der Waals surface area (Å²) in [4.78, 5) is 27.4. The Morgan fingerprint density at radius 1 is 1.38 bits per heavy atom. The lowest BCUT2D eigenvalue weighted by atomic mass is 9.96. The molecule has 0 atom stereocenters. The van der Waals surface area contributed by atoms with Crippen molar-refractivity contribution in [3.63, 3.8) is 0 Å². The van der Waals surface area contributed by atoms with Crippen LogP contribution in [0.15, 0.2) is 23.1 Å². The summed E-state index contributed by atoms with van der Waals surface area (Å²) in [5.41, 5.74) is 1.44. The molecular weight excluding hydrogens is 346 g/mol. The van der Waals surface area contributed by atoms with Crippen molar-refractivity contribution in [2.45, 2.75) is 24.2 Å². The average Bonchev–Trinajstić information content (AvgIpc) is 2.75. The van der Waals surface area contributed by atoms with Crippen LogP contribution >= 0.6 is 24.2 Å². The second-order valence-corrected chi connectivity index (χ2v) is 7.29. The molecule has 0 bridgehead atoms. The Balaban J connectivity index is 0.00000208. The lowest BCUT2D eigenvalue weighted by molar-refractivity contribution is -0.115. The zero-order valence-corrected chi connectivity index (χ0v) is 15.5. The molecule has 0 saturated carbocycles. The number of halogens is 1. The number of fused-ring (bicyclic) bond motifs is 1. The van der Waals surface area contributed by atoms with Crippen molar-refractivity contribution in [1.29, 1.82) is 0 Å². The molecule has 0 radical (unpaired) electrons. The Morgan fingerprint density at radius 2 is 2.12 bits per heavy atom. The fourth-order valence-electron chi connectivity index (χ4n) is 3.16. The van der Waals surface area contributed by atoms with Crippen molar-refractivity contribution in [2.75, 3.05) is 37.8 Å². The number of amides is 2. The maximum atomic E-state index is 12.7. The molecule has 2 N–H and O–H groups in total. The number of nitrogens with zero attached hydrogens (tertiary/aromatic N) is 1. The van der Waals surface area contributed by atoms with E-state index in [2.05, 4.69) is 10.6 Å². The summed E-state index contributed by atoms with van der Waals surface area (Å²) >= 11 is 1.66. The van der Waals surface area contributed by atoms with Gasteiger partial charge in [0.1, 0.15) is 0 Å². The third-order valence-electron chi connectivity index (χ3n) is 4.48. The van der Waals surface area contributed by atoms with Gasteiger partial charge >= 0.3 is 0 Å². The lowest BCUT2D eigenvalue weighted by Gasteiger charge is -2.32. The number of benzene rings is 1. The predicted molar refractivity (Wildman–Crippen MR) is 100 cm³/mol. The standard InChI is InChI=1S/C17H23N3O2S.ClH/c1-18-11-12-4-7-20(8-5-12)17(22)13-2-3-15-14(10-13)19-16(21)6-9-23-15;/h2-3,10,12,18H,4-9,11H2,1H3,(H,19,21);1H. The summed E-state index contributed by atoms with van der Waals surface area (Å²) in [5, 5.41) is 6.12. The van der Waals surface area contributed by atoms with E-state index in [4.69, 9.17) is 0 Å². The van der Waals surface area contributed by atoms with Gasteiger partial charge in [-0.1, -0.05) is 0 Å². The highest BCUT2D eigenvalue weighted by Gasteiger charge is 2.24. The van der Waals surface area contributed by atoms with Crippen molar-refractivity contribution in [3.05, 3.63) is 23.8 Å². The Labute approximate surface area is 153 Å². The summed E-state index contributed by atoms with van der Waals surface area (Å²) in [7, 11) is 1.97. The number of hydrogen-bond acceptors (Lipinski definition) is 4. The van der Waals surface area contributed by atoms with E-state index in [1.807, 2.05) is 30.1 Å². The van der Waals surface area contributed by atoms with Gasteiger partial charge in [0.2, 0.25) is 5.91 Å². The van der Waals surface area contributed by atoms with Gasteiger partial charge in [0.05, 0.1) is 5.69 Å². The molecular formula is C17H24ClN3O2S. The molecule has 132 valence electrons. The third-order valence-corrected chi connectivity index (χ3v) is 5.56. The van der Waals surface area contributed by atoms with Gasteiger partial charge in [-0.2, -0.15) is 0 Å². The van der Waals surface area contributed by atoms with E-state index in [0.29, 0.717) is 17.9 Å². The molecule has 1 aromatic carbocycles. The number of thioether (sulfide) groups is 1. The van der Waals surface area contributed by atoms with Crippen LogP contribution < -0.4 is 10.6 Å². The zero-order valence-electron chi connectivity index (χ0n) is 13.8. The second-order valence-electron chi connectivity index (χ2n) is 6.15. The minimum Gasteiger partial charge on any atom is -0.339 e. The molecule has 2 aliphatic heterocycles. The zero-order chi connectivity index (χ0) is 16.2. The topological polar surface area (TPSA) is 61.4 Å². The van der Waals surface area contributed by atoms with Gasteiger partial charge in [0, 0.05) is 35.7 Å². The van der Waals surface area contributed by atoms with Gasteiger partial charge in [0.25, 0.3) is 5.91 Å². The van der Waals surface area contributed by atoms with Crippen LogP contribution in [0, 0.1) is 5.92 Å². The fraction of sp³-hybridized carbons (Fsp3) is 0.529. The van der Waals surface area contributed by atoms with Gasteiger partial charge in [-0.3, -0.25) is 9.59 Å². The molecule has 5 nitrogen and oxygen atoms in total. The molecule has 0 spiro atoms. The lowest BCUT2D eigenvalue weighted by Crippen LogP contribution is -2.40. The van der Waals surface area contributed by atoms with Gasteiger partial charge < -0.3 is 15.5 Å². The minimum absolute atomic E-state index is 0. The molecule has 1 fully saturated rings. The van der Waals surface area contributed by atoms with Gasteiger partial charge in [-0.15, -0.1) is 24.2 Å².